The third kappa shape index (κ3) is 18.1. The number of benzene rings is 2. The van der Waals surface area contributed by atoms with Crippen molar-refractivity contribution in [1.82, 2.24) is 0 Å². The fourth-order valence-corrected chi connectivity index (χ4v) is 2.96. The first-order chi connectivity index (χ1) is 13.6. The van der Waals surface area contributed by atoms with Gasteiger partial charge >= 0.3 is 0 Å². The summed E-state index contributed by atoms with van der Waals surface area (Å²) in [5, 5.41) is 0.794. The molecule has 0 amide bonds. The van der Waals surface area contributed by atoms with E-state index in [9.17, 15) is 0 Å². The van der Waals surface area contributed by atoms with Gasteiger partial charge in [-0.1, -0.05) is 152 Å². The second-order valence-electron chi connectivity index (χ2n) is 7.69. The largest absolute Gasteiger partial charge is 0.0843 e. The van der Waals surface area contributed by atoms with Gasteiger partial charge in [-0.05, 0) is 23.6 Å². The summed E-state index contributed by atoms with van der Waals surface area (Å²) in [6, 6.07) is 20.0. The zero-order valence-corrected chi connectivity index (χ0v) is 19.6. The van der Waals surface area contributed by atoms with Crippen LogP contribution in [0.5, 0.6) is 0 Å². The van der Waals surface area contributed by atoms with Gasteiger partial charge in [0.15, 0.2) is 0 Å². The highest BCUT2D eigenvalue weighted by molar-refractivity contribution is 6.30. The van der Waals surface area contributed by atoms with Gasteiger partial charge in [0.1, 0.15) is 0 Å². The number of hydrogen-bond donors (Lipinski definition) is 0. The fourth-order valence-electron chi connectivity index (χ4n) is 2.81. The molecule has 0 nitrogen and oxygen atoms in total. The number of unbranched alkanes of at least 4 members (excludes halogenated alkanes) is 3. The highest BCUT2D eigenvalue weighted by Crippen LogP contribution is 2.15. The normalized spacial score (nSPS) is 12.5. The van der Waals surface area contributed by atoms with Gasteiger partial charge in [0.2, 0.25) is 0 Å². The minimum absolute atomic E-state index is 0.659. The predicted molar refractivity (Wildman–Crippen MR) is 130 cm³/mol. The van der Waals surface area contributed by atoms with Crippen molar-refractivity contribution in [3.05, 3.63) is 71.2 Å². The molecule has 0 atom stereocenters. The number of halogens is 1. The molecule has 0 heterocycles. The van der Waals surface area contributed by atoms with Crippen molar-refractivity contribution in [2.45, 2.75) is 97.8 Å². The molecule has 0 aromatic heterocycles. The second kappa shape index (κ2) is 20.5. The van der Waals surface area contributed by atoms with Crippen molar-refractivity contribution < 1.29 is 0 Å². The minimum atomic E-state index is 0.659. The smallest absolute Gasteiger partial charge is 0.0405 e. The summed E-state index contributed by atoms with van der Waals surface area (Å²) in [5.74, 6) is 0.659. The van der Waals surface area contributed by atoms with Crippen molar-refractivity contribution in [1.29, 1.82) is 0 Å². The van der Waals surface area contributed by atoms with Crippen LogP contribution in [-0.4, -0.2) is 0 Å². The van der Waals surface area contributed by atoms with Crippen LogP contribution in [0.1, 0.15) is 103 Å². The van der Waals surface area contributed by atoms with Gasteiger partial charge in [-0.25, -0.2) is 0 Å². The Kier molecular flexibility index (Phi) is 19.5. The molecule has 0 radical (unpaired) electrons. The van der Waals surface area contributed by atoms with Crippen LogP contribution in [0.4, 0.5) is 0 Å². The first-order valence-electron chi connectivity index (χ1n) is 11.4. The van der Waals surface area contributed by atoms with E-state index < -0.39 is 0 Å². The van der Waals surface area contributed by atoms with Gasteiger partial charge in [-0.15, -0.1) is 0 Å². The molecule has 2 aromatic rings. The molecule has 3 rings (SSSR count). The highest BCUT2D eigenvalue weighted by Gasteiger charge is 1.95. The quantitative estimate of drug-likeness (QED) is 0.446. The maximum absolute atomic E-state index is 5.54. The van der Waals surface area contributed by atoms with Crippen LogP contribution in [0, 0.1) is 0 Å². The molecule has 0 spiro atoms. The summed E-state index contributed by atoms with van der Waals surface area (Å²) in [4.78, 5) is 0. The summed E-state index contributed by atoms with van der Waals surface area (Å²) in [5.41, 5.74) is 1.41. The maximum Gasteiger partial charge on any atom is 0.0405 e. The van der Waals surface area contributed by atoms with Crippen LogP contribution in [0.3, 0.4) is 0 Å². The van der Waals surface area contributed by atoms with Gasteiger partial charge < -0.3 is 0 Å². The molecule has 0 aliphatic heterocycles. The number of hydrogen-bond acceptors (Lipinski definition) is 0. The van der Waals surface area contributed by atoms with Crippen molar-refractivity contribution in [3.8, 4) is 0 Å². The van der Waals surface area contributed by atoms with Gasteiger partial charge in [-0.2, -0.15) is 0 Å². The molecule has 0 bridgehead atoms. The Morgan fingerprint density at radius 2 is 1.00 bits per heavy atom. The van der Waals surface area contributed by atoms with Gasteiger partial charge in [0.25, 0.3) is 0 Å². The van der Waals surface area contributed by atoms with E-state index in [1.54, 1.807) is 0 Å². The van der Waals surface area contributed by atoms with E-state index in [4.69, 9.17) is 11.6 Å². The highest BCUT2D eigenvalue weighted by atomic mass is 35.5. The SMILES string of the molecule is C1CCCCC1.CC(C)c1ccccc1.CCCCCC.Clc1ccccc1. The minimum Gasteiger partial charge on any atom is -0.0843 e. The van der Waals surface area contributed by atoms with Crippen LogP contribution in [0.25, 0.3) is 0 Å². The van der Waals surface area contributed by atoms with Gasteiger partial charge in [0, 0.05) is 5.02 Å². The maximum atomic E-state index is 5.54. The molecular weight excluding hydrogens is 360 g/mol. The van der Waals surface area contributed by atoms with Crippen molar-refractivity contribution >= 4 is 11.6 Å². The fraction of sp³-hybridized carbons (Fsp3) is 0.556. The molecule has 2 aromatic carbocycles. The monoisotopic (exact) mass is 402 g/mol. The van der Waals surface area contributed by atoms with Crippen LogP contribution < -0.4 is 0 Å². The van der Waals surface area contributed by atoms with E-state index in [2.05, 4.69) is 52.0 Å². The average Bonchev–Trinajstić information content (AvgIpc) is 2.76. The Bertz CT molecular complexity index is 499. The lowest BCUT2D eigenvalue weighted by atomic mass is 10.0. The molecule has 158 valence electrons. The molecule has 28 heavy (non-hydrogen) atoms. The second-order valence-corrected chi connectivity index (χ2v) is 8.13. The first kappa shape index (κ1) is 26.7. The van der Waals surface area contributed by atoms with Crippen LogP contribution in [0.15, 0.2) is 60.7 Å². The summed E-state index contributed by atoms with van der Waals surface area (Å²) < 4.78 is 0. The third-order valence-electron chi connectivity index (χ3n) is 4.66. The summed E-state index contributed by atoms with van der Waals surface area (Å²) in [6.45, 7) is 8.87. The molecular formula is C27H43Cl. The Hall–Kier alpha value is -1.27. The van der Waals surface area contributed by atoms with E-state index in [-0.39, 0.29) is 0 Å². The van der Waals surface area contributed by atoms with E-state index in [1.165, 1.54) is 69.8 Å². The zero-order chi connectivity index (χ0) is 20.9. The number of rotatable bonds is 4. The van der Waals surface area contributed by atoms with Crippen LogP contribution in [0.2, 0.25) is 5.02 Å². The third-order valence-corrected chi connectivity index (χ3v) is 4.91. The van der Waals surface area contributed by atoms with Gasteiger partial charge in [0.05, 0.1) is 0 Å². The van der Waals surface area contributed by atoms with E-state index in [0.717, 1.165) is 5.02 Å². The van der Waals surface area contributed by atoms with E-state index in [1.807, 2.05) is 36.4 Å². The van der Waals surface area contributed by atoms with E-state index >= 15 is 0 Å². The Labute approximate surface area is 180 Å². The lowest BCUT2D eigenvalue weighted by Gasteiger charge is -2.05. The topological polar surface area (TPSA) is 0 Å². The van der Waals surface area contributed by atoms with Crippen LogP contribution in [-0.2, 0) is 0 Å². The molecule has 0 saturated heterocycles. The summed E-state index contributed by atoms with van der Waals surface area (Å²) >= 11 is 5.54. The molecule has 0 N–H and O–H groups in total. The van der Waals surface area contributed by atoms with Crippen molar-refractivity contribution in [2.75, 3.05) is 0 Å². The molecule has 1 heteroatoms. The lowest BCUT2D eigenvalue weighted by Crippen LogP contribution is -1.85. The van der Waals surface area contributed by atoms with Crippen molar-refractivity contribution in [2.24, 2.45) is 0 Å². The molecule has 1 saturated carbocycles. The standard InChI is InChI=1S/C9H12.C6H5Cl.C6H12.C6H14/c1-8(2)9-6-4-3-5-7-9;7-6-4-2-1-3-5-6;1-2-4-6-5-3-1;1-3-5-6-4-2/h3-8H,1-2H3;1-5H;1-6H2;3-6H2,1-2H3. The summed E-state index contributed by atoms with van der Waals surface area (Å²) in [7, 11) is 0. The van der Waals surface area contributed by atoms with Crippen molar-refractivity contribution in [3.63, 3.8) is 0 Å². The molecule has 0 unspecified atom stereocenters. The lowest BCUT2D eigenvalue weighted by molar-refractivity contribution is 0.504. The first-order valence-corrected chi connectivity index (χ1v) is 11.7. The Balaban J connectivity index is 0.000000353. The average molecular weight is 403 g/mol. The predicted octanol–water partition coefficient (Wildman–Crippen LogP) is 10.1. The molecule has 1 fully saturated rings. The van der Waals surface area contributed by atoms with E-state index in [0.29, 0.717) is 5.92 Å². The molecule has 1 aliphatic rings. The zero-order valence-electron chi connectivity index (χ0n) is 18.8. The Morgan fingerprint density at radius 1 is 0.643 bits per heavy atom. The van der Waals surface area contributed by atoms with Gasteiger partial charge in [-0.3, -0.25) is 0 Å². The Morgan fingerprint density at radius 3 is 1.21 bits per heavy atom. The molecule has 1 aliphatic carbocycles. The summed E-state index contributed by atoms with van der Waals surface area (Å²) in [6.07, 6.45) is 14.5. The van der Waals surface area contributed by atoms with Crippen LogP contribution >= 0.6 is 11.6 Å².